The zero-order valence-electron chi connectivity index (χ0n) is 10.2. The third kappa shape index (κ3) is 3.83. The second kappa shape index (κ2) is 5.86. The van der Waals surface area contributed by atoms with Gasteiger partial charge in [0.2, 0.25) is 10.0 Å². The molecule has 0 radical (unpaired) electrons. The van der Waals surface area contributed by atoms with Crippen LogP contribution in [0, 0.1) is 5.82 Å². The van der Waals surface area contributed by atoms with E-state index in [0.29, 0.717) is 0 Å². The molecule has 1 aromatic rings. The third-order valence-corrected chi connectivity index (χ3v) is 5.00. The molecule has 0 bridgehead atoms. The molecule has 0 aliphatic rings. The van der Waals surface area contributed by atoms with Crippen LogP contribution in [-0.4, -0.2) is 32.0 Å². The minimum absolute atomic E-state index is 0.0898. The smallest absolute Gasteiger partial charge is 0.398 e. The SMILES string of the molecule is CCN(CC(F)(F)F)S(=O)(=O)c1cc(N)c(Br)cc1F. The summed E-state index contributed by atoms with van der Waals surface area (Å²) in [6, 6.07) is 1.58. The Labute approximate surface area is 121 Å². The van der Waals surface area contributed by atoms with Crippen molar-refractivity contribution < 1.29 is 26.0 Å². The van der Waals surface area contributed by atoms with E-state index < -0.39 is 40.0 Å². The van der Waals surface area contributed by atoms with Gasteiger partial charge in [0.05, 0.1) is 0 Å². The van der Waals surface area contributed by atoms with Gasteiger partial charge in [0, 0.05) is 16.7 Å². The summed E-state index contributed by atoms with van der Waals surface area (Å²) >= 11 is 2.90. The predicted octanol–water partition coefficient (Wildman–Crippen LogP) is 2.74. The average Bonchev–Trinajstić information content (AvgIpc) is 2.29. The molecule has 0 aliphatic heterocycles. The first-order valence-corrected chi connectivity index (χ1v) is 7.53. The molecular formula is C10H11BrF4N2O2S. The van der Waals surface area contributed by atoms with Gasteiger partial charge in [0.1, 0.15) is 17.3 Å². The maximum Gasteiger partial charge on any atom is 0.402 e. The van der Waals surface area contributed by atoms with E-state index in [0.717, 1.165) is 12.1 Å². The lowest BCUT2D eigenvalue weighted by Gasteiger charge is -2.22. The molecule has 0 unspecified atom stereocenters. The summed E-state index contributed by atoms with van der Waals surface area (Å²) in [5, 5.41) is 0. The van der Waals surface area contributed by atoms with Crippen molar-refractivity contribution in [3.05, 3.63) is 22.4 Å². The fraction of sp³-hybridized carbons (Fsp3) is 0.400. The number of anilines is 1. The Bertz CT molecular complexity index is 604. The van der Waals surface area contributed by atoms with Gasteiger partial charge in [0.25, 0.3) is 0 Å². The summed E-state index contributed by atoms with van der Waals surface area (Å²) < 4.78 is 75.1. The van der Waals surface area contributed by atoms with Crippen molar-refractivity contribution in [3.8, 4) is 0 Å². The zero-order valence-corrected chi connectivity index (χ0v) is 12.6. The van der Waals surface area contributed by atoms with Crippen molar-refractivity contribution in [2.45, 2.75) is 18.0 Å². The fourth-order valence-corrected chi connectivity index (χ4v) is 3.28. The highest BCUT2D eigenvalue weighted by atomic mass is 79.9. The molecule has 0 amide bonds. The van der Waals surface area contributed by atoms with Gasteiger partial charge in [-0.15, -0.1) is 0 Å². The summed E-state index contributed by atoms with van der Waals surface area (Å²) in [6.45, 7) is -0.915. The molecule has 0 saturated carbocycles. The quantitative estimate of drug-likeness (QED) is 0.647. The second-order valence-electron chi connectivity index (χ2n) is 3.85. The average molecular weight is 379 g/mol. The van der Waals surface area contributed by atoms with Crippen LogP contribution in [0.15, 0.2) is 21.5 Å². The van der Waals surface area contributed by atoms with E-state index in [1.54, 1.807) is 0 Å². The van der Waals surface area contributed by atoms with Gasteiger partial charge in [-0.2, -0.15) is 17.5 Å². The molecule has 2 N–H and O–H groups in total. The standard InChI is InChI=1S/C10H11BrF4N2O2S/c1-2-17(5-10(13,14)15)20(18,19)9-4-8(16)6(11)3-7(9)12/h3-4H,2,5,16H2,1H3. The highest BCUT2D eigenvalue weighted by Gasteiger charge is 2.37. The van der Waals surface area contributed by atoms with Crippen LogP contribution in [0.4, 0.5) is 23.2 Å². The predicted molar refractivity (Wildman–Crippen MR) is 69.0 cm³/mol. The number of alkyl halides is 3. The maximum atomic E-state index is 13.7. The third-order valence-electron chi connectivity index (χ3n) is 2.38. The van der Waals surface area contributed by atoms with Crippen molar-refractivity contribution in [3.63, 3.8) is 0 Å². The summed E-state index contributed by atoms with van der Waals surface area (Å²) in [4.78, 5) is -0.885. The fourth-order valence-electron chi connectivity index (χ4n) is 1.45. The van der Waals surface area contributed by atoms with Crippen LogP contribution in [0.25, 0.3) is 0 Å². The van der Waals surface area contributed by atoms with E-state index in [1.807, 2.05) is 0 Å². The molecule has 0 heterocycles. The van der Waals surface area contributed by atoms with Gasteiger partial charge in [0.15, 0.2) is 0 Å². The minimum atomic E-state index is -4.72. The molecule has 0 spiro atoms. The lowest BCUT2D eigenvalue weighted by atomic mass is 10.3. The van der Waals surface area contributed by atoms with Gasteiger partial charge in [-0.3, -0.25) is 0 Å². The molecule has 1 rings (SSSR count). The number of sulfonamides is 1. The normalized spacial score (nSPS) is 12.9. The summed E-state index contributed by atoms with van der Waals surface area (Å²) in [6.07, 6.45) is -4.72. The number of halogens is 5. The highest BCUT2D eigenvalue weighted by Crippen LogP contribution is 2.29. The van der Waals surface area contributed by atoms with E-state index in [-0.39, 0.29) is 14.5 Å². The number of benzene rings is 1. The van der Waals surface area contributed by atoms with Crippen LogP contribution < -0.4 is 5.73 Å². The van der Waals surface area contributed by atoms with Gasteiger partial charge in [-0.05, 0) is 28.1 Å². The van der Waals surface area contributed by atoms with Gasteiger partial charge >= 0.3 is 6.18 Å². The molecule has 114 valence electrons. The Hall–Kier alpha value is -0.870. The lowest BCUT2D eigenvalue weighted by Crippen LogP contribution is -2.39. The number of hydrogen-bond donors (Lipinski definition) is 1. The van der Waals surface area contributed by atoms with Crippen LogP contribution >= 0.6 is 15.9 Å². The molecule has 20 heavy (non-hydrogen) atoms. The van der Waals surface area contributed by atoms with E-state index in [9.17, 15) is 26.0 Å². The van der Waals surface area contributed by atoms with Gasteiger partial charge < -0.3 is 5.73 Å². The second-order valence-corrected chi connectivity index (χ2v) is 6.61. The summed E-state index contributed by atoms with van der Waals surface area (Å²) in [7, 11) is -4.62. The summed E-state index contributed by atoms with van der Waals surface area (Å²) in [5.74, 6) is -1.17. The van der Waals surface area contributed by atoms with Crippen LogP contribution in [0.3, 0.4) is 0 Å². The van der Waals surface area contributed by atoms with Gasteiger partial charge in [-0.25, -0.2) is 12.8 Å². The number of nitrogen functional groups attached to an aromatic ring is 1. The van der Waals surface area contributed by atoms with Crippen LogP contribution in [0.2, 0.25) is 0 Å². The van der Waals surface area contributed by atoms with Crippen molar-refractivity contribution >= 4 is 31.6 Å². The molecule has 0 fully saturated rings. The van der Waals surface area contributed by atoms with E-state index in [2.05, 4.69) is 15.9 Å². The monoisotopic (exact) mass is 378 g/mol. The molecule has 4 nitrogen and oxygen atoms in total. The molecular weight excluding hydrogens is 368 g/mol. The molecule has 10 heteroatoms. The van der Waals surface area contributed by atoms with Crippen LogP contribution in [-0.2, 0) is 10.0 Å². The Morgan fingerprint density at radius 2 is 1.90 bits per heavy atom. The topological polar surface area (TPSA) is 63.4 Å². The van der Waals surface area contributed by atoms with Crippen molar-refractivity contribution in [1.82, 2.24) is 4.31 Å². The Morgan fingerprint density at radius 1 is 1.35 bits per heavy atom. The van der Waals surface area contributed by atoms with E-state index in [4.69, 9.17) is 5.73 Å². The van der Waals surface area contributed by atoms with Crippen molar-refractivity contribution in [2.24, 2.45) is 0 Å². The molecule has 1 aromatic carbocycles. The Balaban J connectivity index is 3.31. The van der Waals surface area contributed by atoms with Crippen molar-refractivity contribution in [1.29, 1.82) is 0 Å². The van der Waals surface area contributed by atoms with E-state index >= 15 is 0 Å². The summed E-state index contributed by atoms with van der Waals surface area (Å²) in [5.41, 5.74) is 5.35. The number of rotatable bonds is 4. The molecule has 0 aromatic heterocycles. The minimum Gasteiger partial charge on any atom is -0.398 e. The molecule has 0 atom stereocenters. The van der Waals surface area contributed by atoms with Crippen LogP contribution in [0.5, 0.6) is 0 Å². The van der Waals surface area contributed by atoms with Crippen LogP contribution in [0.1, 0.15) is 6.92 Å². The van der Waals surface area contributed by atoms with Crippen molar-refractivity contribution in [2.75, 3.05) is 18.8 Å². The molecule has 0 aliphatic carbocycles. The first-order valence-electron chi connectivity index (χ1n) is 5.30. The van der Waals surface area contributed by atoms with E-state index in [1.165, 1.54) is 6.92 Å². The highest BCUT2D eigenvalue weighted by molar-refractivity contribution is 9.10. The zero-order chi connectivity index (χ0) is 15.7. The lowest BCUT2D eigenvalue weighted by molar-refractivity contribution is -0.135. The molecule has 0 saturated heterocycles. The maximum absolute atomic E-state index is 13.7. The number of nitrogens with zero attached hydrogens (tertiary/aromatic N) is 1. The number of hydrogen-bond acceptors (Lipinski definition) is 3. The first-order chi connectivity index (χ1) is 8.99. The number of nitrogens with two attached hydrogens (primary N) is 1. The first kappa shape index (κ1) is 17.2. The Kier molecular flexibility index (Phi) is 5.03. The largest absolute Gasteiger partial charge is 0.402 e. The Morgan fingerprint density at radius 3 is 2.35 bits per heavy atom. The van der Waals surface area contributed by atoms with Gasteiger partial charge in [-0.1, -0.05) is 6.92 Å².